The summed E-state index contributed by atoms with van der Waals surface area (Å²) < 4.78 is 1.73. The topological polar surface area (TPSA) is 58.4 Å². The molecule has 0 aliphatic rings. The minimum Gasteiger partial charge on any atom is -0.480 e. The van der Waals surface area contributed by atoms with E-state index in [1.54, 1.807) is 27.9 Å². The second-order valence-electron chi connectivity index (χ2n) is 4.57. The lowest BCUT2D eigenvalue weighted by molar-refractivity contribution is -0.135. The number of carboxylic acids is 1. The summed E-state index contributed by atoms with van der Waals surface area (Å²) in [7, 11) is 1.86. The number of aromatic nitrogens is 2. The average Bonchev–Trinajstić information content (AvgIpc) is 2.80. The number of aliphatic carboxylic acids is 1. The number of benzene rings is 1. The third kappa shape index (κ3) is 3.99. The molecule has 0 amide bonds. The second kappa shape index (κ2) is 6.43. The van der Waals surface area contributed by atoms with Gasteiger partial charge >= 0.3 is 5.97 Å². The molecule has 0 unspecified atom stereocenters. The first-order valence-electron chi connectivity index (χ1n) is 6.24. The van der Waals surface area contributed by atoms with Crippen molar-refractivity contribution in [2.24, 2.45) is 7.05 Å². The summed E-state index contributed by atoms with van der Waals surface area (Å²) in [6.45, 7) is 0.541. The van der Waals surface area contributed by atoms with Crippen LogP contribution >= 0.6 is 11.6 Å². The fourth-order valence-corrected chi connectivity index (χ4v) is 2.19. The van der Waals surface area contributed by atoms with Gasteiger partial charge in [-0.1, -0.05) is 17.7 Å². The fourth-order valence-electron chi connectivity index (χ4n) is 2.00. The second-order valence-corrected chi connectivity index (χ2v) is 5.00. The van der Waals surface area contributed by atoms with Crippen LogP contribution < -0.4 is 4.90 Å². The summed E-state index contributed by atoms with van der Waals surface area (Å²) in [4.78, 5) is 12.8. The van der Waals surface area contributed by atoms with Gasteiger partial charge in [-0.25, -0.2) is 0 Å². The van der Waals surface area contributed by atoms with Crippen LogP contribution in [0, 0.1) is 0 Å². The Morgan fingerprint density at radius 3 is 2.90 bits per heavy atom. The molecule has 0 saturated carbocycles. The van der Waals surface area contributed by atoms with Crippen molar-refractivity contribution >= 4 is 23.3 Å². The minimum absolute atomic E-state index is 0.0550. The molecule has 2 aromatic rings. The van der Waals surface area contributed by atoms with Crippen LogP contribution in [0.2, 0.25) is 5.02 Å². The van der Waals surface area contributed by atoms with E-state index >= 15 is 0 Å². The molecule has 1 aromatic heterocycles. The van der Waals surface area contributed by atoms with Crippen molar-refractivity contribution < 1.29 is 9.90 Å². The van der Waals surface area contributed by atoms with Crippen molar-refractivity contribution in [2.45, 2.75) is 6.42 Å². The molecule has 0 saturated heterocycles. The molecule has 0 aliphatic heterocycles. The maximum atomic E-state index is 11.0. The normalized spacial score (nSPS) is 10.5. The summed E-state index contributed by atoms with van der Waals surface area (Å²) in [5, 5.41) is 13.7. The molecule has 0 spiro atoms. The Hall–Kier alpha value is -2.01. The number of carbonyl (C=O) groups is 1. The Morgan fingerprint density at radius 1 is 1.50 bits per heavy atom. The molecule has 1 aromatic carbocycles. The maximum Gasteiger partial charge on any atom is 0.323 e. The van der Waals surface area contributed by atoms with E-state index in [1.165, 1.54) is 0 Å². The van der Waals surface area contributed by atoms with E-state index in [0.29, 0.717) is 11.6 Å². The molecule has 5 nitrogen and oxygen atoms in total. The van der Waals surface area contributed by atoms with Gasteiger partial charge in [0.15, 0.2) is 0 Å². The lowest BCUT2D eigenvalue weighted by Crippen LogP contribution is -2.31. The summed E-state index contributed by atoms with van der Waals surface area (Å²) in [6, 6.07) is 7.22. The third-order valence-electron chi connectivity index (χ3n) is 2.93. The highest BCUT2D eigenvalue weighted by Crippen LogP contribution is 2.19. The number of carboxylic acid groups (broad SMARTS) is 1. The Morgan fingerprint density at radius 2 is 2.30 bits per heavy atom. The highest BCUT2D eigenvalue weighted by molar-refractivity contribution is 6.30. The molecule has 20 heavy (non-hydrogen) atoms. The molecule has 0 fully saturated rings. The lowest BCUT2D eigenvalue weighted by Gasteiger charge is -2.22. The van der Waals surface area contributed by atoms with Crippen LogP contribution in [0.4, 0.5) is 5.69 Å². The Bertz CT molecular complexity index is 598. The van der Waals surface area contributed by atoms with Crippen molar-refractivity contribution in [1.29, 1.82) is 0 Å². The molecule has 106 valence electrons. The minimum atomic E-state index is -0.865. The lowest BCUT2D eigenvalue weighted by atomic mass is 10.2. The first kappa shape index (κ1) is 14.4. The molecule has 2 rings (SSSR count). The van der Waals surface area contributed by atoms with Gasteiger partial charge in [-0.3, -0.25) is 9.48 Å². The zero-order chi connectivity index (χ0) is 14.5. The van der Waals surface area contributed by atoms with Gasteiger partial charge in [-0.05, 0) is 30.2 Å². The number of hydrogen-bond donors (Lipinski definition) is 1. The SMILES string of the molecule is Cn1cc(CCN(CC(=O)O)c2cccc(Cl)c2)cn1. The smallest absolute Gasteiger partial charge is 0.323 e. The highest BCUT2D eigenvalue weighted by Gasteiger charge is 2.11. The number of halogens is 1. The van der Waals surface area contributed by atoms with Gasteiger partial charge in [0.25, 0.3) is 0 Å². The van der Waals surface area contributed by atoms with Gasteiger partial charge in [-0.15, -0.1) is 0 Å². The van der Waals surface area contributed by atoms with Crippen molar-refractivity contribution in [3.63, 3.8) is 0 Å². The van der Waals surface area contributed by atoms with E-state index in [1.807, 2.05) is 25.4 Å². The Kier molecular flexibility index (Phi) is 4.63. The third-order valence-corrected chi connectivity index (χ3v) is 3.16. The Balaban J connectivity index is 2.09. The van der Waals surface area contributed by atoms with Crippen molar-refractivity contribution in [2.75, 3.05) is 18.0 Å². The number of nitrogens with zero attached hydrogens (tertiary/aromatic N) is 3. The first-order chi connectivity index (χ1) is 9.54. The summed E-state index contributed by atoms with van der Waals surface area (Å²) in [6.07, 6.45) is 4.45. The monoisotopic (exact) mass is 293 g/mol. The fraction of sp³-hybridized carbons (Fsp3) is 0.286. The quantitative estimate of drug-likeness (QED) is 0.887. The van der Waals surface area contributed by atoms with E-state index in [2.05, 4.69) is 5.10 Å². The molecule has 1 heterocycles. The maximum absolute atomic E-state index is 11.0. The summed E-state index contributed by atoms with van der Waals surface area (Å²) in [5.74, 6) is -0.865. The molecule has 0 aliphatic carbocycles. The summed E-state index contributed by atoms with van der Waals surface area (Å²) >= 11 is 5.96. The number of hydrogen-bond acceptors (Lipinski definition) is 3. The average molecular weight is 294 g/mol. The molecular weight excluding hydrogens is 278 g/mol. The molecular formula is C14H16ClN3O2. The molecule has 6 heteroatoms. The summed E-state index contributed by atoms with van der Waals surface area (Å²) in [5.41, 5.74) is 1.88. The first-order valence-corrected chi connectivity index (χ1v) is 6.62. The van der Waals surface area contributed by atoms with Crippen LogP contribution in [0.1, 0.15) is 5.56 Å². The van der Waals surface area contributed by atoms with Gasteiger partial charge in [0.05, 0.1) is 6.20 Å². The van der Waals surface area contributed by atoms with Crippen LogP contribution in [0.5, 0.6) is 0 Å². The molecule has 0 radical (unpaired) electrons. The van der Waals surface area contributed by atoms with Gasteiger partial charge in [0, 0.05) is 30.5 Å². The molecule has 0 bridgehead atoms. The van der Waals surface area contributed by atoms with Gasteiger partial charge in [-0.2, -0.15) is 5.10 Å². The zero-order valence-electron chi connectivity index (χ0n) is 11.2. The Labute approximate surface area is 122 Å². The van der Waals surface area contributed by atoms with Crippen LogP contribution in [-0.2, 0) is 18.3 Å². The van der Waals surface area contributed by atoms with Crippen LogP contribution in [0.3, 0.4) is 0 Å². The molecule has 1 N–H and O–H groups in total. The zero-order valence-corrected chi connectivity index (χ0v) is 11.9. The predicted octanol–water partition coefficient (Wildman–Crippen LogP) is 2.21. The van der Waals surface area contributed by atoms with E-state index in [4.69, 9.17) is 16.7 Å². The van der Waals surface area contributed by atoms with Gasteiger partial charge < -0.3 is 10.0 Å². The number of rotatable bonds is 6. The van der Waals surface area contributed by atoms with Gasteiger partial charge in [0.1, 0.15) is 6.54 Å². The largest absolute Gasteiger partial charge is 0.480 e. The van der Waals surface area contributed by atoms with Crippen LogP contribution in [0.25, 0.3) is 0 Å². The number of anilines is 1. The van der Waals surface area contributed by atoms with Crippen molar-refractivity contribution in [3.05, 3.63) is 47.2 Å². The van der Waals surface area contributed by atoms with Crippen molar-refractivity contribution in [1.82, 2.24) is 9.78 Å². The predicted molar refractivity (Wildman–Crippen MR) is 78.2 cm³/mol. The standard InChI is InChI=1S/C14H16ClN3O2/c1-17-9-11(8-16-17)5-6-18(10-14(19)20)13-4-2-3-12(15)7-13/h2-4,7-9H,5-6,10H2,1H3,(H,19,20). The van der Waals surface area contributed by atoms with E-state index in [-0.39, 0.29) is 6.54 Å². The van der Waals surface area contributed by atoms with Crippen molar-refractivity contribution in [3.8, 4) is 0 Å². The van der Waals surface area contributed by atoms with E-state index in [0.717, 1.165) is 17.7 Å². The number of aryl methyl sites for hydroxylation is 1. The van der Waals surface area contributed by atoms with Crippen LogP contribution in [0.15, 0.2) is 36.7 Å². The van der Waals surface area contributed by atoms with E-state index in [9.17, 15) is 4.79 Å². The highest BCUT2D eigenvalue weighted by atomic mass is 35.5. The van der Waals surface area contributed by atoms with Gasteiger partial charge in [0.2, 0.25) is 0 Å². The van der Waals surface area contributed by atoms with Crippen LogP contribution in [-0.4, -0.2) is 33.9 Å². The van der Waals surface area contributed by atoms with E-state index < -0.39 is 5.97 Å². The molecule has 0 atom stereocenters.